The molecule has 0 aliphatic rings. The van der Waals surface area contributed by atoms with Gasteiger partial charge in [-0.25, -0.2) is 9.97 Å². The predicted molar refractivity (Wildman–Crippen MR) is 288 cm³/mol. The van der Waals surface area contributed by atoms with Gasteiger partial charge in [-0.2, -0.15) is 0 Å². The summed E-state index contributed by atoms with van der Waals surface area (Å²) in [7, 11) is 0. The lowest BCUT2D eigenvalue weighted by atomic mass is 9.98. The van der Waals surface area contributed by atoms with Crippen LogP contribution in [0.1, 0.15) is 0 Å². The van der Waals surface area contributed by atoms with Crippen molar-refractivity contribution in [3.63, 3.8) is 0 Å². The highest BCUT2D eigenvalue weighted by Crippen LogP contribution is 2.42. The lowest BCUT2D eigenvalue weighted by Crippen LogP contribution is -2.00. The lowest BCUT2D eigenvalue weighted by molar-refractivity contribution is 1.18. The van der Waals surface area contributed by atoms with E-state index in [0.29, 0.717) is 0 Å². The molecule has 0 atom stereocenters. The molecule has 0 aliphatic carbocycles. The van der Waals surface area contributed by atoms with Crippen LogP contribution >= 0.6 is 0 Å². The van der Waals surface area contributed by atoms with Crippen LogP contribution in [-0.2, 0) is 0 Å². The molecule has 69 heavy (non-hydrogen) atoms. The van der Waals surface area contributed by atoms with Crippen molar-refractivity contribution in [3.05, 3.63) is 237 Å². The molecule has 5 nitrogen and oxygen atoms in total. The summed E-state index contributed by atoms with van der Waals surface area (Å²) in [5.74, 6) is 0. The zero-order valence-electron chi connectivity index (χ0n) is 37.3. The van der Waals surface area contributed by atoms with Crippen molar-refractivity contribution in [2.24, 2.45) is 0 Å². The minimum Gasteiger partial charge on any atom is -0.309 e. The first-order chi connectivity index (χ1) is 34.2. The van der Waals surface area contributed by atoms with E-state index in [-0.39, 0.29) is 0 Å². The third-order valence-corrected chi connectivity index (χ3v) is 14.3. The fourth-order valence-corrected chi connectivity index (χ4v) is 11.3. The zero-order chi connectivity index (χ0) is 45.2. The first-order valence-corrected chi connectivity index (χ1v) is 23.6. The van der Waals surface area contributed by atoms with Gasteiger partial charge in [0.2, 0.25) is 0 Å². The van der Waals surface area contributed by atoms with E-state index in [1.807, 2.05) is 12.1 Å². The van der Waals surface area contributed by atoms with E-state index in [9.17, 15) is 0 Å². The van der Waals surface area contributed by atoms with Crippen molar-refractivity contribution in [1.82, 2.24) is 23.7 Å². The summed E-state index contributed by atoms with van der Waals surface area (Å²) in [5, 5.41) is 12.0. The van der Waals surface area contributed by atoms with Crippen LogP contribution in [0.4, 0.5) is 0 Å². The molecular weight excluding hydrogens is 839 g/mol. The molecule has 4 heterocycles. The van der Waals surface area contributed by atoms with E-state index in [2.05, 4.69) is 238 Å². The Labute approximate surface area is 396 Å². The maximum absolute atomic E-state index is 5.52. The van der Waals surface area contributed by atoms with Gasteiger partial charge in [-0.1, -0.05) is 146 Å². The molecule has 11 aromatic carbocycles. The van der Waals surface area contributed by atoms with E-state index >= 15 is 0 Å². The molecule has 0 aliphatic heterocycles. The van der Waals surface area contributed by atoms with Gasteiger partial charge in [-0.15, -0.1) is 0 Å². The van der Waals surface area contributed by atoms with E-state index in [1.165, 1.54) is 59.6 Å². The third kappa shape index (κ3) is 5.65. The second kappa shape index (κ2) is 14.6. The largest absolute Gasteiger partial charge is 0.309 e. The van der Waals surface area contributed by atoms with Crippen LogP contribution in [0.5, 0.6) is 0 Å². The normalized spacial score (nSPS) is 12.1. The SMILES string of the molecule is c1ccc(-n2c3ccccc3c3ccc(-c4nc5ccccc5nc4-c4cc(-n5c6ccccc6c6cc7ccc(-n8c9ccccc9c9ccccc98)cc7cc65)c5ccccc5c4)cc32)cc1. The molecule has 15 aromatic rings. The number of hydrogen-bond acceptors (Lipinski definition) is 2. The first kappa shape index (κ1) is 37.9. The van der Waals surface area contributed by atoms with Gasteiger partial charge in [0.05, 0.1) is 61.2 Å². The number of para-hydroxylation sites is 7. The predicted octanol–water partition coefficient (Wildman–Crippen LogP) is 16.6. The molecule has 0 saturated carbocycles. The topological polar surface area (TPSA) is 40.6 Å². The van der Waals surface area contributed by atoms with E-state index in [1.54, 1.807) is 0 Å². The van der Waals surface area contributed by atoms with Crippen LogP contribution < -0.4 is 0 Å². The zero-order valence-corrected chi connectivity index (χ0v) is 37.3. The molecule has 0 amide bonds. The Bertz CT molecular complexity index is 4560. The molecular formula is C64H39N5. The molecule has 320 valence electrons. The number of fused-ring (bicyclic) bond motifs is 12. The highest BCUT2D eigenvalue weighted by molar-refractivity contribution is 6.16. The van der Waals surface area contributed by atoms with Gasteiger partial charge in [-0.05, 0) is 107 Å². The summed E-state index contributed by atoms with van der Waals surface area (Å²) < 4.78 is 7.25. The molecule has 4 aromatic heterocycles. The molecule has 0 fully saturated rings. The summed E-state index contributed by atoms with van der Waals surface area (Å²) in [5.41, 5.74) is 15.7. The highest BCUT2D eigenvalue weighted by Gasteiger charge is 2.22. The Morgan fingerprint density at radius 3 is 1.42 bits per heavy atom. The Morgan fingerprint density at radius 1 is 0.246 bits per heavy atom. The summed E-state index contributed by atoms with van der Waals surface area (Å²) in [6.07, 6.45) is 0. The molecule has 15 rings (SSSR count). The number of aromatic nitrogens is 5. The maximum Gasteiger partial charge on any atom is 0.0974 e. The molecule has 0 bridgehead atoms. The molecule has 0 N–H and O–H groups in total. The first-order valence-electron chi connectivity index (χ1n) is 23.6. The number of nitrogens with zero attached hydrogens (tertiary/aromatic N) is 5. The minimum absolute atomic E-state index is 0.837. The van der Waals surface area contributed by atoms with Gasteiger partial charge in [0.1, 0.15) is 0 Å². The van der Waals surface area contributed by atoms with E-state index in [0.717, 1.165) is 77.9 Å². The average molecular weight is 878 g/mol. The van der Waals surface area contributed by atoms with Gasteiger partial charge in [0.15, 0.2) is 0 Å². The Balaban J connectivity index is 0.980. The van der Waals surface area contributed by atoms with E-state index in [4.69, 9.17) is 9.97 Å². The van der Waals surface area contributed by atoms with Crippen LogP contribution in [-0.4, -0.2) is 23.7 Å². The van der Waals surface area contributed by atoms with Crippen molar-refractivity contribution in [1.29, 1.82) is 0 Å². The van der Waals surface area contributed by atoms with Gasteiger partial charge < -0.3 is 13.7 Å². The molecule has 0 unspecified atom stereocenters. The number of rotatable bonds is 5. The summed E-state index contributed by atoms with van der Waals surface area (Å²) in [4.78, 5) is 11.0. The monoisotopic (exact) mass is 877 g/mol. The number of benzene rings is 11. The fourth-order valence-electron chi connectivity index (χ4n) is 11.3. The maximum atomic E-state index is 5.52. The minimum atomic E-state index is 0.837. The van der Waals surface area contributed by atoms with Crippen LogP contribution in [0.2, 0.25) is 0 Å². The Kier molecular flexibility index (Phi) is 8.00. The quantitative estimate of drug-likeness (QED) is 0.173. The van der Waals surface area contributed by atoms with Crippen LogP contribution in [0, 0.1) is 0 Å². The molecule has 0 saturated heterocycles. The van der Waals surface area contributed by atoms with Crippen LogP contribution in [0.25, 0.3) is 138 Å². The lowest BCUT2D eigenvalue weighted by Gasteiger charge is -2.17. The fraction of sp³-hybridized carbons (Fsp3) is 0. The van der Waals surface area contributed by atoms with Crippen molar-refractivity contribution in [3.8, 4) is 39.6 Å². The van der Waals surface area contributed by atoms with Crippen molar-refractivity contribution in [2.75, 3.05) is 0 Å². The van der Waals surface area contributed by atoms with Gasteiger partial charge in [0, 0.05) is 60.2 Å². The van der Waals surface area contributed by atoms with Gasteiger partial charge >= 0.3 is 0 Å². The van der Waals surface area contributed by atoms with Crippen molar-refractivity contribution < 1.29 is 0 Å². The second-order valence-corrected chi connectivity index (χ2v) is 18.2. The third-order valence-electron chi connectivity index (χ3n) is 14.3. The van der Waals surface area contributed by atoms with Gasteiger partial charge in [-0.3, -0.25) is 0 Å². The smallest absolute Gasteiger partial charge is 0.0974 e. The van der Waals surface area contributed by atoms with Gasteiger partial charge in [0.25, 0.3) is 0 Å². The van der Waals surface area contributed by atoms with Crippen molar-refractivity contribution in [2.45, 2.75) is 0 Å². The Hall–Kier alpha value is -9.32. The van der Waals surface area contributed by atoms with Crippen LogP contribution in [0.15, 0.2) is 237 Å². The van der Waals surface area contributed by atoms with Crippen molar-refractivity contribution >= 4 is 98.0 Å². The molecule has 0 spiro atoms. The average Bonchev–Trinajstić information content (AvgIpc) is 4.04. The standard InChI is InChI=1S/C64H39N5/c1-2-17-45(18-3-1)67-56-26-12-8-22-50(56)52-33-31-42(37-61(52)67)63-64(66-55-25-11-10-24-54(55)65-63)44-34-41-16-4-5-19-47(41)60(39-44)69-59-29-15-9-23-51(59)53-36-40-30-32-46(35-43(40)38-62(53)69)68-57-27-13-6-20-48(57)49-21-7-14-28-58(49)68/h1-39H. The summed E-state index contributed by atoms with van der Waals surface area (Å²) >= 11 is 0. The Morgan fingerprint density at radius 2 is 0.754 bits per heavy atom. The number of hydrogen-bond donors (Lipinski definition) is 0. The molecule has 5 heteroatoms. The highest BCUT2D eigenvalue weighted by atomic mass is 15.0. The second-order valence-electron chi connectivity index (χ2n) is 18.2. The molecule has 0 radical (unpaired) electrons. The summed E-state index contributed by atoms with van der Waals surface area (Å²) in [6, 6.07) is 85.7. The van der Waals surface area contributed by atoms with E-state index < -0.39 is 0 Å². The van der Waals surface area contributed by atoms with Crippen LogP contribution in [0.3, 0.4) is 0 Å². The summed E-state index contributed by atoms with van der Waals surface area (Å²) in [6.45, 7) is 0.